The molecule has 3 N–H and O–H groups in total. The lowest BCUT2D eigenvalue weighted by Crippen LogP contribution is -2.16. The lowest BCUT2D eigenvalue weighted by Gasteiger charge is -2.07. The van der Waals surface area contributed by atoms with E-state index in [9.17, 15) is 23.1 Å². The van der Waals surface area contributed by atoms with Crippen LogP contribution < -0.4 is 5.73 Å². The Balaban J connectivity index is 3.29. The predicted molar refractivity (Wildman–Crippen MR) is 59.2 cm³/mol. The number of nitriles is 1. The number of aliphatic hydroxyl groups excluding tert-OH is 1. The van der Waals surface area contributed by atoms with Crippen LogP contribution in [0.2, 0.25) is 0 Å². The van der Waals surface area contributed by atoms with Crippen molar-refractivity contribution in [1.29, 1.82) is 5.26 Å². The van der Waals surface area contributed by atoms with E-state index in [-0.39, 0.29) is 0 Å². The minimum absolute atomic E-state index is 0.500. The lowest BCUT2D eigenvalue weighted by molar-refractivity contribution is -0.114. The molecule has 0 saturated carbocycles. The molecule has 7 heteroatoms. The van der Waals surface area contributed by atoms with Crippen molar-refractivity contribution in [2.45, 2.75) is 13.3 Å². The van der Waals surface area contributed by atoms with Crippen LogP contribution >= 0.6 is 0 Å². The minimum atomic E-state index is -1.39. The Bertz CT molecular complexity index is 618. The molecule has 0 unspecified atom stereocenters. The number of carbonyl (C=O) groups excluding carboxylic acids is 1. The number of halogens is 3. The van der Waals surface area contributed by atoms with Crippen LogP contribution in [-0.4, -0.2) is 11.0 Å². The van der Waals surface area contributed by atoms with Gasteiger partial charge in [-0.1, -0.05) is 0 Å². The van der Waals surface area contributed by atoms with Crippen LogP contribution in [0.15, 0.2) is 17.4 Å². The second kappa shape index (κ2) is 5.44. The number of amides is 1. The van der Waals surface area contributed by atoms with Gasteiger partial charge in [0.15, 0.2) is 17.2 Å². The minimum Gasteiger partial charge on any atom is -0.510 e. The molecule has 0 aliphatic carbocycles. The summed E-state index contributed by atoms with van der Waals surface area (Å²) in [6.07, 6.45) is -0.716. The summed E-state index contributed by atoms with van der Waals surface area (Å²) < 4.78 is 40.0. The maximum atomic E-state index is 13.5. The molecule has 0 bridgehead atoms. The zero-order valence-corrected chi connectivity index (χ0v) is 9.80. The van der Waals surface area contributed by atoms with E-state index in [1.165, 1.54) is 6.07 Å². The normalized spacial score (nSPS) is 11.7. The van der Waals surface area contributed by atoms with Crippen molar-refractivity contribution in [2.75, 3.05) is 0 Å². The highest BCUT2D eigenvalue weighted by Gasteiger charge is 2.19. The molecular formula is C12H9F3N2O2. The SMILES string of the molecule is Cc1c(F)cc(C/C(O)=C(\C#N)C(N)=O)c(F)c1F. The summed E-state index contributed by atoms with van der Waals surface area (Å²) in [5, 5.41) is 18.0. The molecule has 1 rings (SSSR count). The number of hydrogen-bond acceptors (Lipinski definition) is 3. The van der Waals surface area contributed by atoms with Gasteiger partial charge in [-0.2, -0.15) is 5.26 Å². The number of hydrogen-bond donors (Lipinski definition) is 2. The van der Waals surface area contributed by atoms with Gasteiger partial charge < -0.3 is 10.8 Å². The third-order valence-electron chi connectivity index (χ3n) is 2.47. The number of carbonyl (C=O) groups is 1. The molecule has 0 atom stereocenters. The summed E-state index contributed by atoms with van der Waals surface area (Å²) in [6.45, 7) is 1.05. The molecule has 0 saturated heterocycles. The second-order valence-corrected chi connectivity index (χ2v) is 3.75. The van der Waals surface area contributed by atoms with Gasteiger partial charge in [-0.25, -0.2) is 13.2 Å². The topological polar surface area (TPSA) is 87.1 Å². The Morgan fingerprint density at radius 2 is 2.00 bits per heavy atom. The monoisotopic (exact) mass is 270 g/mol. The fourth-order valence-electron chi connectivity index (χ4n) is 1.39. The van der Waals surface area contributed by atoms with Crippen LogP contribution in [0.1, 0.15) is 11.1 Å². The van der Waals surface area contributed by atoms with Crippen molar-refractivity contribution >= 4 is 5.91 Å². The summed E-state index contributed by atoms with van der Waals surface area (Å²) in [5.41, 5.74) is 2.99. The number of benzene rings is 1. The number of nitrogens with two attached hydrogens (primary N) is 1. The van der Waals surface area contributed by atoms with E-state index in [1.54, 1.807) is 0 Å². The first-order valence-electron chi connectivity index (χ1n) is 5.04. The largest absolute Gasteiger partial charge is 0.510 e. The van der Waals surface area contributed by atoms with Crippen LogP contribution in [0.4, 0.5) is 13.2 Å². The number of allylic oxidation sites excluding steroid dienone is 1. The Kier molecular flexibility index (Phi) is 4.17. The zero-order valence-electron chi connectivity index (χ0n) is 9.80. The van der Waals surface area contributed by atoms with E-state index >= 15 is 0 Å². The number of aliphatic hydroxyl groups is 1. The summed E-state index contributed by atoms with van der Waals surface area (Å²) in [4.78, 5) is 10.8. The zero-order chi connectivity index (χ0) is 14.7. The van der Waals surface area contributed by atoms with Gasteiger partial charge in [-0.3, -0.25) is 4.79 Å². The van der Waals surface area contributed by atoms with Crippen LogP contribution in [0.25, 0.3) is 0 Å². The van der Waals surface area contributed by atoms with Gasteiger partial charge in [-0.15, -0.1) is 0 Å². The van der Waals surface area contributed by atoms with E-state index in [2.05, 4.69) is 0 Å². The summed E-state index contributed by atoms with van der Waals surface area (Å²) in [7, 11) is 0. The first-order chi connectivity index (χ1) is 8.79. The molecule has 0 aromatic heterocycles. The molecule has 1 amide bonds. The fraction of sp³-hybridized carbons (Fsp3) is 0.167. The first-order valence-corrected chi connectivity index (χ1v) is 5.04. The van der Waals surface area contributed by atoms with Gasteiger partial charge in [0.25, 0.3) is 5.91 Å². The van der Waals surface area contributed by atoms with Crippen LogP contribution in [0.5, 0.6) is 0 Å². The lowest BCUT2D eigenvalue weighted by atomic mass is 10.0. The molecule has 0 fully saturated rings. The Morgan fingerprint density at radius 3 is 2.47 bits per heavy atom. The van der Waals surface area contributed by atoms with Gasteiger partial charge in [0.1, 0.15) is 17.6 Å². The van der Waals surface area contributed by atoms with Crippen molar-refractivity contribution in [2.24, 2.45) is 5.73 Å². The van der Waals surface area contributed by atoms with Gasteiger partial charge in [0, 0.05) is 17.5 Å². The quantitative estimate of drug-likeness (QED) is 0.380. The highest BCUT2D eigenvalue weighted by Crippen LogP contribution is 2.21. The van der Waals surface area contributed by atoms with E-state index < -0.39 is 52.2 Å². The van der Waals surface area contributed by atoms with Crippen LogP contribution in [0, 0.1) is 35.7 Å². The van der Waals surface area contributed by atoms with Crippen molar-refractivity contribution in [3.63, 3.8) is 0 Å². The maximum absolute atomic E-state index is 13.5. The molecule has 0 aliphatic heterocycles. The molecular weight excluding hydrogens is 261 g/mol. The average molecular weight is 270 g/mol. The van der Waals surface area contributed by atoms with Crippen molar-refractivity contribution in [3.05, 3.63) is 46.0 Å². The number of primary amides is 1. The highest BCUT2D eigenvalue weighted by atomic mass is 19.2. The average Bonchev–Trinajstić information content (AvgIpc) is 2.33. The van der Waals surface area contributed by atoms with Gasteiger partial charge in [0.2, 0.25) is 0 Å². The Morgan fingerprint density at radius 1 is 1.42 bits per heavy atom. The van der Waals surface area contributed by atoms with Crippen molar-refractivity contribution in [1.82, 2.24) is 0 Å². The smallest absolute Gasteiger partial charge is 0.262 e. The molecule has 1 aromatic rings. The van der Waals surface area contributed by atoms with E-state index in [1.807, 2.05) is 0 Å². The molecule has 0 aliphatic rings. The third kappa shape index (κ3) is 2.85. The molecule has 0 spiro atoms. The summed E-state index contributed by atoms with van der Waals surface area (Å²) in [6, 6.07) is 2.01. The predicted octanol–water partition coefficient (Wildman–Crippen LogP) is 1.78. The molecule has 0 heterocycles. The first kappa shape index (κ1) is 14.6. The number of nitrogens with zero attached hydrogens (tertiary/aromatic N) is 1. The van der Waals surface area contributed by atoms with E-state index in [4.69, 9.17) is 11.0 Å². The number of rotatable bonds is 3. The highest BCUT2D eigenvalue weighted by molar-refractivity contribution is 5.96. The second-order valence-electron chi connectivity index (χ2n) is 3.75. The third-order valence-corrected chi connectivity index (χ3v) is 2.47. The van der Waals surface area contributed by atoms with Gasteiger partial charge in [-0.05, 0) is 13.0 Å². The van der Waals surface area contributed by atoms with Crippen molar-refractivity contribution in [3.8, 4) is 6.07 Å². The Labute approximate surface area is 106 Å². The molecule has 0 radical (unpaired) electrons. The summed E-state index contributed by atoms with van der Waals surface area (Å²) in [5.74, 6) is -5.81. The van der Waals surface area contributed by atoms with Crippen LogP contribution in [-0.2, 0) is 11.2 Å². The fourth-order valence-corrected chi connectivity index (χ4v) is 1.39. The van der Waals surface area contributed by atoms with Crippen LogP contribution in [0.3, 0.4) is 0 Å². The molecule has 19 heavy (non-hydrogen) atoms. The maximum Gasteiger partial charge on any atom is 0.262 e. The summed E-state index contributed by atoms with van der Waals surface area (Å²) >= 11 is 0. The van der Waals surface area contributed by atoms with Gasteiger partial charge in [0.05, 0.1) is 0 Å². The van der Waals surface area contributed by atoms with Crippen molar-refractivity contribution < 1.29 is 23.1 Å². The van der Waals surface area contributed by atoms with E-state index in [0.29, 0.717) is 6.07 Å². The Hall–Kier alpha value is -2.49. The van der Waals surface area contributed by atoms with Gasteiger partial charge >= 0.3 is 0 Å². The molecule has 100 valence electrons. The standard InChI is InChI=1S/C12H9F3N2O2/c1-5-8(13)2-6(11(15)10(5)14)3-9(18)7(4-16)12(17)19/h2,18H,3H2,1H3,(H2,17,19)/b9-7-. The molecule has 4 nitrogen and oxygen atoms in total. The van der Waals surface area contributed by atoms with E-state index in [0.717, 1.165) is 6.92 Å². The molecule has 1 aromatic carbocycles.